The number of benzene rings is 1. The number of nitrogens with zero attached hydrogens (tertiary/aromatic N) is 1. The molecule has 0 aliphatic carbocycles. The molecule has 8 nitrogen and oxygen atoms in total. The van der Waals surface area contributed by atoms with Crippen LogP contribution < -0.4 is 15.8 Å². The molecule has 1 fully saturated rings. The van der Waals surface area contributed by atoms with Crippen LogP contribution in [0.15, 0.2) is 35.0 Å². The molecule has 0 bridgehead atoms. The van der Waals surface area contributed by atoms with Crippen LogP contribution in [0, 0.1) is 0 Å². The van der Waals surface area contributed by atoms with E-state index in [0.717, 1.165) is 0 Å². The Bertz CT molecular complexity index is 829. The van der Waals surface area contributed by atoms with Crippen LogP contribution >= 0.6 is 23.4 Å². The number of carbonyl (C=O) groups excluding carboxylic acids is 3. The van der Waals surface area contributed by atoms with Crippen molar-refractivity contribution in [3.8, 4) is 5.75 Å². The van der Waals surface area contributed by atoms with Crippen LogP contribution in [-0.2, 0) is 19.1 Å². The normalized spacial score (nSPS) is 22.1. The fourth-order valence-electron chi connectivity index (χ4n) is 3.00. The molecule has 2 amide bonds. The second kappa shape index (κ2) is 8.42. The number of methoxy groups -OCH3 is 1. The Balaban J connectivity index is 1.67. The molecule has 0 aromatic heterocycles. The molecule has 0 radical (unpaired) electrons. The summed E-state index contributed by atoms with van der Waals surface area (Å²) in [7, 11) is 1.22. The van der Waals surface area contributed by atoms with E-state index in [4.69, 9.17) is 26.8 Å². The van der Waals surface area contributed by atoms with Crippen molar-refractivity contribution >= 4 is 41.1 Å². The molecule has 0 spiro atoms. The highest BCUT2D eigenvalue weighted by atomic mass is 35.5. The number of nitrogens with one attached hydrogen (secondary N) is 1. The summed E-state index contributed by atoms with van der Waals surface area (Å²) in [5.41, 5.74) is 6.66. The van der Waals surface area contributed by atoms with E-state index in [2.05, 4.69) is 5.32 Å². The second-order valence-electron chi connectivity index (χ2n) is 6.12. The number of hydrogen-bond acceptors (Lipinski definition) is 7. The zero-order chi connectivity index (χ0) is 20.4. The van der Waals surface area contributed by atoms with Gasteiger partial charge in [-0.1, -0.05) is 23.7 Å². The van der Waals surface area contributed by atoms with E-state index in [0.29, 0.717) is 23.7 Å². The van der Waals surface area contributed by atoms with E-state index in [1.807, 2.05) is 6.92 Å². The molecular weight excluding hydrogens is 406 g/mol. The van der Waals surface area contributed by atoms with Gasteiger partial charge in [0.25, 0.3) is 5.91 Å². The third kappa shape index (κ3) is 3.69. The molecule has 1 aromatic rings. The zero-order valence-electron chi connectivity index (χ0n) is 15.3. The van der Waals surface area contributed by atoms with Gasteiger partial charge in [-0.25, -0.2) is 4.79 Å². The largest absolute Gasteiger partial charge is 0.494 e. The van der Waals surface area contributed by atoms with Gasteiger partial charge in [-0.05, 0) is 24.6 Å². The van der Waals surface area contributed by atoms with Crippen molar-refractivity contribution < 1.29 is 23.9 Å². The van der Waals surface area contributed by atoms with Crippen molar-refractivity contribution in [1.82, 2.24) is 10.2 Å². The second-order valence-corrected chi connectivity index (χ2v) is 7.68. The number of β-lactam (4-membered cyclic amide) rings is 1. The molecule has 28 heavy (non-hydrogen) atoms. The van der Waals surface area contributed by atoms with E-state index in [1.54, 1.807) is 24.3 Å². The van der Waals surface area contributed by atoms with Crippen LogP contribution in [0.1, 0.15) is 18.5 Å². The summed E-state index contributed by atoms with van der Waals surface area (Å²) in [6.07, 6.45) is 0. The molecule has 2 aliphatic rings. The molecule has 1 aromatic carbocycles. The molecule has 3 atom stereocenters. The Kier molecular flexibility index (Phi) is 6.17. The van der Waals surface area contributed by atoms with Gasteiger partial charge in [0, 0.05) is 5.75 Å². The molecule has 2 unspecified atom stereocenters. The van der Waals surface area contributed by atoms with Crippen molar-refractivity contribution in [2.24, 2.45) is 5.73 Å². The fraction of sp³-hybridized carbons (Fsp3) is 0.389. The number of fused-ring (bicyclic) bond motifs is 1. The van der Waals surface area contributed by atoms with Gasteiger partial charge in [-0.3, -0.25) is 14.5 Å². The Hall–Kier alpha value is -2.23. The van der Waals surface area contributed by atoms with Gasteiger partial charge in [-0.15, -0.1) is 11.8 Å². The Labute approximate surface area is 171 Å². The summed E-state index contributed by atoms with van der Waals surface area (Å²) < 4.78 is 10.1. The van der Waals surface area contributed by atoms with Gasteiger partial charge in [0.2, 0.25) is 5.91 Å². The van der Waals surface area contributed by atoms with E-state index in [1.165, 1.54) is 23.8 Å². The topological polar surface area (TPSA) is 111 Å². The monoisotopic (exact) mass is 425 g/mol. The number of carbonyl (C=O) groups is 3. The zero-order valence-corrected chi connectivity index (χ0v) is 16.9. The molecule has 0 saturated carbocycles. The number of hydrogen-bond donors (Lipinski definition) is 2. The van der Waals surface area contributed by atoms with Gasteiger partial charge in [0.1, 0.15) is 28.9 Å². The molecule has 2 heterocycles. The molecule has 150 valence electrons. The summed E-state index contributed by atoms with van der Waals surface area (Å²) in [4.78, 5) is 38.2. The fourth-order valence-corrected chi connectivity index (χ4v) is 4.55. The summed E-state index contributed by atoms with van der Waals surface area (Å²) in [6, 6.07) is 5.15. The van der Waals surface area contributed by atoms with Gasteiger partial charge >= 0.3 is 5.97 Å². The first-order chi connectivity index (χ1) is 13.4. The van der Waals surface area contributed by atoms with Gasteiger partial charge in [0.05, 0.1) is 18.7 Å². The first kappa shape index (κ1) is 20.5. The third-order valence-electron chi connectivity index (χ3n) is 4.43. The van der Waals surface area contributed by atoms with E-state index in [-0.39, 0.29) is 10.7 Å². The Morgan fingerprint density at radius 1 is 1.39 bits per heavy atom. The van der Waals surface area contributed by atoms with E-state index in [9.17, 15) is 14.4 Å². The standard InChI is InChI=1S/C18H20ClN3O5S/c1-3-27-10-6-4-9(5-7-10)12(20)15(23)21-13-16(24)22-14(18(25)26-2)11(19)8-28-17(13)22/h4-7,12-13,17H,3,8,20H2,1-2H3,(H,21,23)/t12?,13?,17-/m0/s1. The number of esters is 1. The minimum Gasteiger partial charge on any atom is -0.494 e. The lowest BCUT2D eigenvalue weighted by Gasteiger charge is -2.49. The first-order valence-corrected chi connectivity index (χ1v) is 10.0. The van der Waals surface area contributed by atoms with Crippen LogP contribution in [0.5, 0.6) is 5.75 Å². The van der Waals surface area contributed by atoms with Crippen molar-refractivity contribution in [3.05, 3.63) is 40.6 Å². The maximum absolute atomic E-state index is 12.5. The van der Waals surface area contributed by atoms with Gasteiger partial charge in [-0.2, -0.15) is 0 Å². The highest BCUT2D eigenvalue weighted by molar-refractivity contribution is 8.00. The van der Waals surface area contributed by atoms with E-state index < -0.39 is 35.2 Å². The number of nitrogens with two attached hydrogens (primary N) is 1. The van der Waals surface area contributed by atoms with Crippen LogP contribution in [0.3, 0.4) is 0 Å². The molecule has 3 rings (SSSR count). The number of rotatable bonds is 6. The lowest BCUT2D eigenvalue weighted by molar-refractivity contribution is -0.151. The summed E-state index contributed by atoms with van der Waals surface area (Å²) in [5, 5.41) is 2.49. The Morgan fingerprint density at radius 2 is 2.07 bits per heavy atom. The van der Waals surface area contributed by atoms with Crippen molar-refractivity contribution in [2.75, 3.05) is 19.5 Å². The maximum atomic E-state index is 12.5. The quantitative estimate of drug-likeness (QED) is 0.518. The van der Waals surface area contributed by atoms with Crippen LogP contribution in [0.4, 0.5) is 0 Å². The van der Waals surface area contributed by atoms with Gasteiger partial charge in [0.15, 0.2) is 0 Å². The molecule has 2 aliphatic heterocycles. The summed E-state index contributed by atoms with van der Waals surface area (Å²) in [5.74, 6) is -0.565. The highest BCUT2D eigenvalue weighted by Gasteiger charge is 2.54. The van der Waals surface area contributed by atoms with Crippen molar-refractivity contribution in [2.45, 2.75) is 24.4 Å². The predicted octanol–water partition coefficient (Wildman–Crippen LogP) is 1.11. The predicted molar refractivity (Wildman–Crippen MR) is 104 cm³/mol. The molecule has 1 saturated heterocycles. The smallest absolute Gasteiger partial charge is 0.356 e. The highest BCUT2D eigenvalue weighted by Crippen LogP contribution is 2.41. The summed E-state index contributed by atoms with van der Waals surface area (Å²) in [6.45, 7) is 2.42. The SMILES string of the molecule is CCOc1ccc(C(N)C(=O)NC2C(=O)N3C(C(=O)OC)=C(Cl)CS[C@@H]23)cc1. The Morgan fingerprint density at radius 3 is 2.68 bits per heavy atom. The molecule has 10 heteroatoms. The lowest BCUT2D eigenvalue weighted by atomic mass is 10.0. The minimum atomic E-state index is -0.940. The van der Waals surface area contributed by atoms with Crippen LogP contribution in [0.25, 0.3) is 0 Å². The van der Waals surface area contributed by atoms with Crippen LogP contribution in [0.2, 0.25) is 0 Å². The van der Waals surface area contributed by atoms with E-state index >= 15 is 0 Å². The third-order valence-corrected chi connectivity index (χ3v) is 6.18. The average molecular weight is 426 g/mol. The maximum Gasteiger partial charge on any atom is 0.356 e. The van der Waals surface area contributed by atoms with Crippen molar-refractivity contribution in [3.63, 3.8) is 0 Å². The minimum absolute atomic E-state index is 0.0271. The number of thioether (sulfide) groups is 1. The van der Waals surface area contributed by atoms with Crippen molar-refractivity contribution in [1.29, 1.82) is 0 Å². The number of ether oxygens (including phenoxy) is 2. The number of amides is 2. The van der Waals surface area contributed by atoms with Crippen LogP contribution in [-0.4, -0.2) is 53.6 Å². The molecular formula is C18H20ClN3O5S. The summed E-state index contributed by atoms with van der Waals surface area (Å²) >= 11 is 7.44. The number of halogens is 1. The average Bonchev–Trinajstić information content (AvgIpc) is 2.71. The lowest BCUT2D eigenvalue weighted by Crippen LogP contribution is -2.71. The van der Waals surface area contributed by atoms with Gasteiger partial charge < -0.3 is 20.5 Å². The molecule has 3 N–H and O–H groups in total. The first-order valence-electron chi connectivity index (χ1n) is 8.59.